The van der Waals surface area contributed by atoms with E-state index in [0.717, 1.165) is 0 Å². The van der Waals surface area contributed by atoms with Gasteiger partial charge in [-0.05, 0) is 53.7 Å². The molecule has 0 bridgehead atoms. The quantitative estimate of drug-likeness (QED) is 0.147. The third kappa shape index (κ3) is 12.6. The number of hydrogen-bond acceptors (Lipinski definition) is 12. The van der Waals surface area contributed by atoms with Crippen molar-refractivity contribution in [2.75, 3.05) is 27.9 Å². The Labute approximate surface area is 214 Å². The lowest BCUT2D eigenvalue weighted by molar-refractivity contribution is -0.252. The maximum absolute atomic E-state index is 12.5. The van der Waals surface area contributed by atoms with Crippen molar-refractivity contribution in [3.05, 3.63) is 30.1 Å². The average molecular weight is 536 g/mol. The molecule has 36 heavy (non-hydrogen) atoms. The molecule has 208 valence electrons. The van der Waals surface area contributed by atoms with Gasteiger partial charge in [0, 0.05) is 33.7 Å². The molecule has 1 rings (SSSR count). The highest BCUT2D eigenvalue weighted by Crippen LogP contribution is 2.25. The molecule has 0 aromatic carbocycles. The number of aromatic nitrogens is 1. The fourth-order valence-electron chi connectivity index (χ4n) is 2.92. The van der Waals surface area contributed by atoms with E-state index in [-0.39, 0.29) is 12.7 Å². The van der Waals surface area contributed by atoms with Gasteiger partial charge in [0.2, 0.25) is 0 Å². The van der Waals surface area contributed by atoms with Crippen LogP contribution in [0, 0.1) is 0 Å². The third-order valence-electron chi connectivity index (χ3n) is 4.74. The lowest BCUT2D eigenvalue weighted by Gasteiger charge is -2.37. The maximum Gasteiger partial charge on any atom is 0.510 e. The minimum Gasteiger partial charge on any atom is -0.462 e. The molecule has 0 saturated heterocycles. The van der Waals surface area contributed by atoms with E-state index in [1.54, 1.807) is 53.7 Å². The number of hydrogen-bond donors (Lipinski definition) is 0. The van der Waals surface area contributed by atoms with E-state index < -0.39 is 52.5 Å². The van der Waals surface area contributed by atoms with Gasteiger partial charge in [-0.2, -0.15) is 0 Å². The average Bonchev–Trinajstić information content (AvgIpc) is 2.83. The standard InChI is InChI=1S/C23H41NO11Si/c1-16(26-7)30-19(4)33-36(34-20(5)31-17(2)27-8,35-21(6)32-18(3)28-9)15-14-29-23(25)22-10-12-24-13-11-22/h10-13,16-21H,14-15H2,1-9H3. The number of esters is 1. The van der Waals surface area contributed by atoms with Crippen molar-refractivity contribution in [3.8, 4) is 0 Å². The van der Waals surface area contributed by atoms with Gasteiger partial charge in [0.15, 0.2) is 37.7 Å². The normalized spacial score (nSPS) is 18.5. The monoisotopic (exact) mass is 535 g/mol. The SMILES string of the molecule is COC(C)OC(C)O[Si](CCOC(=O)c1ccncc1)(OC(C)OC(C)OC)OC(C)OC(C)OC. The Morgan fingerprint density at radius 2 is 1.11 bits per heavy atom. The summed E-state index contributed by atoms with van der Waals surface area (Å²) >= 11 is 0. The molecule has 12 nitrogen and oxygen atoms in total. The lowest BCUT2D eigenvalue weighted by Crippen LogP contribution is -2.54. The predicted molar refractivity (Wildman–Crippen MR) is 129 cm³/mol. The molecule has 0 fully saturated rings. The summed E-state index contributed by atoms with van der Waals surface area (Å²) in [6, 6.07) is 3.19. The molecule has 0 aliphatic rings. The van der Waals surface area contributed by atoms with E-state index in [4.69, 9.17) is 46.4 Å². The van der Waals surface area contributed by atoms with Crippen LogP contribution in [0.1, 0.15) is 51.9 Å². The van der Waals surface area contributed by atoms with Crippen LogP contribution in [0.2, 0.25) is 6.04 Å². The second-order valence-corrected chi connectivity index (χ2v) is 10.3. The largest absolute Gasteiger partial charge is 0.510 e. The fourth-order valence-corrected chi connectivity index (χ4v) is 5.47. The van der Waals surface area contributed by atoms with Crippen LogP contribution < -0.4 is 0 Å². The fraction of sp³-hybridized carbons (Fsp3) is 0.739. The van der Waals surface area contributed by atoms with Gasteiger partial charge in [0.25, 0.3) is 0 Å². The molecule has 1 aromatic heterocycles. The first kappa shape index (κ1) is 32.5. The number of carbonyl (C=O) groups excluding carboxylic acids is 1. The Morgan fingerprint density at radius 3 is 1.47 bits per heavy atom. The second-order valence-electron chi connectivity index (χ2n) is 7.68. The summed E-state index contributed by atoms with van der Waals surface area (Å²) in [5.74, 6) is -0.521. The van der Waals surface area contributed by atoms with Crippen molar-refractivity contribution < 1.29 is 51.2 Å². The second kappa shape index (κ2) is 17.1. The van der Waals surface area contributed by atoms with Gasteiger partial charge in [0.1, 0.15) is 0 Å². The Balaban J connectivity index is 3.13. The van der Waals surface area contributed by atoms with Crippen molar-refractivity contribution in [2.45, 2.75) is 85.3 Å². The summed E-state index contributed by atoms with van der Waals surface area (Å²) in [6.07, 6.45) is -1.06. The number of nitrogens with zero attached hydrogens (tertiary/aromatic N) is 1. The van der Waals surface area contributed by atoms with E-state index in [0.29, 0.717) is 5.56 Å². The van der Waals surface area contributed by atoms with Crippen LogP contribution in [0.3, 0.4) is 0 Å². The van der Waals surface area contributed by atoms with Crippen LogP contribution in [0.25, 0.3) is 0 Å². The van der Waals surface area contributed by atoms with Gasteiger partial charge < -0.3 is 46.4 Å². The zero-order valence-corrected chi connectivity index (χ0v) is 23.6. The molecule has 0 saturated carbocycles. The first-order valence-electron chi connectivity index (χ1n) is 11.7. The van der Waals surface area contributed by atoms with Gasteiger partial charge in [0.05, 0.1) is 18.2 Å². The first-order chi connectivity index (χ1) is 17.0. The van der Waals surface area contributed by atoms with E-state index >= 15 is 0 Å². The predicted octanol–water partition coefficient (Wildman–Crippen LogP) is 3.29. The highest BCUT2D eigenvalue weighted by atomic mass is 28.4. The van der Waals surface area contributed by atoms with E-state index in [1.165, 1.54) is 33.7 Å². The van der Waals surface area contributed by atoms with Crippen molar-refractivity contribution in [3.63, 3.8) is 0 Å². The van der Waals surface area contributed by atoms with Gasteiger partial charge in [-0.1, -0.05) is 0 Å². The van der Waals surface area contributed by atoms with Gasteiger partial charge in [-0.3, -0.25) is 4.98 Å². The molecule has 0 radical (unpaired) electrons. The summed E-state index contributed by atoms with van der Waals surface area (Å²) < 4.78 is 56.7. The van der Waals surface area contributed by atoms with E-state index in [2.05, 4.69) is 4.98 Å². The van der Waals surface area contributed by atoms with Crippen molar-refractivity contribution in [1.82, 2.24) is 4.98 Å². The molecular weight excluding hydrogens is 494 g/mol. The minimum atomic E-state index is -3.72. The molecule has 1 heterocycles. The lowest BCUT2D eigenvalue weighted by atomic mass is 10.3. The molecular formula is C23H41NO11Si. The van der Waals surface area contributed by atoms with Gasteiger partial charge in [-0.15, -0.1) is 0 Å². The number of ether oxygens (including phenoxy) is 7. The summed E-state index contributed by atoms with van der Waals surface area (Å²) in [7, 11) is 0.812. The zero-order valence-electron chi connectivity index (χ0n) is 22.6. The van der Waals surface area contributed by atoms with Crippen LogP contribution in [0.4, 0.5) is 0 Å². The van der Waals surface area contributed by atoms with Crippen LogP contribution >= 0.6 is 0 Å². The summed E-state index contributed by atoms with van der Waals surface area (Å²) in [5.41, 5.74) is 0.363. The van der Waals surface area contributed by atoms with Crippen LogP contribution in [-0.4, -0.2) is 85.4 Å². The molecule has 0 amide bonds. The molecule has 1 aromatic rings. The number of pyridine rings is 1. The molecule has 0 N–H and O–H groups in total. The summed E-state index contributed by atoms with van der Waals surface area (Å²) in [4.78, 5) is 16.4. The van der Waals surface area contributed by atoms with Crippen LogP contribution in [-0.2, 0) is 46.4 Å². The van der Waals surface area contributed by atoms with Crippen molar-refractivity contribution in [1.29, 1.82) is 0 Å². The number of methoxy groups -OCH3 is 3. The van der Waals surface area contributed by atoms with Gasteiger partial charge in [-0.25, -0.2) is 4.79 Å². The van der Waals surface area contributed by atoms with Gasteiger partial charge >= 0.3 is 14.8 Å². The van der Waals surface area contributed by atoms with Crippen LogP contribution in [0.5, 0.6) is 0 Å². The summed E-state index contributed by atoms with van der Waals surface area (Å²) in [5, 5.41) is 0. The van der Waals surface area contributed by atoms with Crippen LogP contribution in [0.15, 0.2) is 24.5 Å². The number of rotatable bonds is 19. The molecule has 13 heteroatoms. The Hall–Kier alpha value is -1.52. The smallest absolute Gasteiger partial charge is 0.462 e. The Morgan fingerprint density at radius 1 is 0.722 bits per heavy atom. The number of carbonyl (C=O) groups is 1. The minimum absolute atomic E-state index is 0.0704. The maximum atomic E-state index is 12.5. The first-order valence-corrected chi connectivity index (χ1v) is 13.6. The Kier molecular flexibility index (Phi) is 15.4. The molecule has 6 unspecified atom stereocenters. The Bertz CT molecular complexity index is 679. The molecule has 0 aliphatic carbocycles. The van der Waals surface area contributed by atoms with Crippen molar-refractivity contribution in [2.24, 2.45) is 0 Å². The highest BCUT2D eigenvalue weighted by Gasteiger charge is 2.47. The van der Waals surface area contributed by atoms with Crippen molar-refractivity contribution >= 4 is 14.8 Å². The van der Waals surface area contributed by atoms with E-state index in [9.17, 15) is 4.79 Å². The molecule has 6 atom stereocenters. The molecule has 0 aliphatic heterocycles. The topological polar surface area (TPSA) is 122 Å². The highest BCUT2D eigenvalue weighted by molar-refractivity contribution is 6.60. The third-order valence-corrected chi connectivity index (χ3v) is 7.63. The summed E-state index contributed by atoms with van der Waals surface area (Å²) in [6.45, 7) is 10.1. The molecule has 0 spiro atoms. The van der Waals surface area contributed by atoms with E-state index in [1.807, 2.05) is 0 Å². The zero-order chi connectivity index (χ0) is 27.1.